The Hall–Kier alpha value is -1.63. The van der Waals surface area contributed by atoms with Gasteiger partial charge in [-0.15, -0.1) is 11.8 Å². The summed E-state index contributed by atoms with van der Waals surface area (Å²) in [5, 5.41) is 0. The lowest BCUT2D eigenvalue weighted by molar-refractivity contribution is 0.445. The minimum absolute atomic E-state index is 0.258. The van der Waals surface area contributed by atoms with E-state index >= 15 is 0 Å². The van der Waals surface area contributed by atoms with Gasteiger partial charge in [0.15, 0.2) is 0 Å². The molecular weight excluding hydrogens is 352 g/mol. The molecule has 0 aliphatic heterocycles. The van der Waals surface area contributed by atoms with E-state index in [0.717, 1.165) is 11.1 Å². The van der Waals surface area contributed by atoms with Crippen molar-refractivity contribution in [1.29, 1.82) is 0 Å². The summed E-state index contributed by atoms with van der Waals surface area (Å²) in [6.45, 7) is 6.44. The lowest BCUT2D eigenvalue weighted by atomic mass is 10.2. The van der Waals surface area contributed by atoms with Crippen molar-refractivity contribution in [3.8, 4) is 0 Å². The van der Waals surface area contributed by atoms with Crippen LogP contribution in [0.15, 0.2) is 57.2 Å². The Morgan fingerprint density at radius 2 is 1.72 bits per heavy atom. The Labute approximate surface area is 155 Å². The minimum Gasteiger partial charge on any atom is -0.255 e. The Morgan fingerprint density at radius 3 is 2.28 bits per heavy atom. The summed E-state index contributed by atoms with van der Waals surface area (Å²) in [6.07, 6.45) is 3.73. The van der Waals surface area contributed by atoms with E-state index in [4.69, 9.17) is 0 Å². The monoisotopic (exact) mass is 376 g/mol. The van der Waals surface area contributed by atoms with E-state index in [0.29, 0.717) is 18.8 Å². The summed E-state index contributed by atoms with van der Waals surface area (Å²) >= 11 is 1.68. The Kier molecular flexibility index (Phi) is 6.81. The summed E-state index contributed by atoms with van der Waals surface area (Å²) in [5.41, 5.74) is 2.30. The molecule has 6 heteroatoms. The normalized spacial score (nSPS) is 12.2. The molecular formula is C19H24N2O2S2. The second kappa shape index (κ2) is 8.65. The smallest absolute Gasteiger partial charge is 0.245 e. The molecule has 0 aliphatic rings. The molecule has 0 saturated heterocycles. The van der Waals surface area contributed by atoms with Crippen LogP contribution in [0.25, 0.3) is 0 Å². The third kappa shape index (κ3) is 4.71. The molecule has 0 fully saturated rings. The summed E-state index contributed by atoms with van der Waals surface area (Å²) in [7, 11) is -3.55. The van der Waals surface area contributed by atoms with Crippen molar-refractivity contribution in [2.24, 2.45) is 4.99 Å². The first-order valence-electron chi connectivity index (χ1n) is 8.21. The van der Waals surface area contributed by atoms with E-state index in [9.17, 15) is 8.42 Å². The molecule has 0 atom stereocenters. The van der Waals surface area contributed by atoms with E-state index in [1.807, 2.05) is 57.4 Å². The fourth-order valence-corrected chi connectivity index (χ4v) is 4.56. The maximum Gasteiger partial charge on any atom is 0.245 e. The number of hydrogen-bond acceptors (Lipinski definition) is 4. The lowest BCUT2D eigenvalue weighted by Crippen LogP contribution is -2.30. The number of rotatable bonds is 7. The van der Waals surface area contributed by atoms with Crippen LogP contribution < -0.4 is 0 Å². The van der Waals surface area contributed by atoms with Crippen LogP contribution >= 0.6 is 11.8 Å². The van der Waals surface area contributed by atoms with Gasteiger partial charge < -0.3 is 0 Å². The Bertz CT molecular complexity index is 840. The first-order valence-corrected chi connectivity index (χ1v) is 10.9. The molecule has 0 unspecified atom stereocenters. The molecule has 4 nitrogen and oxygen atoms in total. The van der Waals surface area contributed by atoms with Gasteiger partial charge in [0.2, 0.25) is 10.0 Å². The van der Waals surface area contributed by atoms with Crippen LogP contribution in [0.2, 0.25) is 0 Å². The van der Waals surface area contributed by atoms with Gasteiger partial charge in [0.05, 0.1) is 5.69 Å². The zero-order chi connectivity index (χ0) is 18.4. The SMILES string of the molecule is CCN(CC)S(=O)(=O)c1cc(C)ccc1N=Cc1ccc(SC)cc1. The van der Waals surface area contributed by atoms with Crippen LogP contribution in [0, 0.1) is 6.92 Å². The second-order valence-corrected chi connectivity index (χ2v) is 8.38. The number of hydrogen-bond donors (Lipinski definition) is 0. The lowest BCUT2D eigenvalue weighted by Gasteiger charge is -2.19. The average Bonchev–Trinajstić information content (AvgIpc) is 2.62. The molecule has 0 amide bonds. The van der Waals surface area contributed by atoms with Crippen LogP contribution in [0.3, 0.4) is 0 Å². The van der Waals surface area contributed by atoms with Gasteiger partial charge in [-0.25, -0.2) is 8.42 Å². The molecule has 0 radical (unpaired) electrons. The molecule has 0 aliphatic carbocycles. The van der Waals surface area contributed by atoms with Crippen LogP contribution in [0.5, 0.6) is 0 Å². The zero-order valence-electron chi connectivity index (χ0n) is 15.1. The number of aliphatic imine (C=N–C) groups is 1. The van der Waals surface area contributed by atoms with Crippen molar-refractivity contribution in [2.45, 2.75) is 30.6 Å². The third-order valence-corrected chi connectivity index (χ3v) is 6.73. The Balaban J connectivity index is 2.43. The molecule has 25 heavy (non-hydrogen) atoms. The van der Waals surface area contributed by atoms with E-state index in [1.165, 1.54) is 9.20 Å². The Morgan fingerprint density at radius 1 is 1.08 bits per heavy atom. The summed E-state index contributed by atoms with van der Waals surface area (Å²) in [6, 6.07) is 13.3. The quantitative estimate of drug-likeness (QED) is 0.528. The molecule has 2 aromatic rings. The summed E-state index contributed by atoms with van der Waals surface area (Å²) in [5.74, 6) is 0. The highest BCUT2D eigenvalue weighted by Crippen LogP contribution is 2.28. The first kappa shape index (κ1) is 19.7. The molecule has 0 bridgehead atoms. The van der Waals surface area contributed by atoms with Gasteiger partial charge in [0.1, 0.15) is 4.90 Å². The fourth-order valence-electron chi connectivity index (χ4n) is 2.47. The molecule has 0 saturated carbocycles. The maximum atomic E-state index is 12.9. The van der Waals surface area contributed by atoms with E-state index in [-0.39, 0.29) is 4.90 Å². The highest BCUT2D eigenvalue weighted by molar-refractivity contribution is 7.98. The number of thioether (sulfide) groups is 1. The van der Waals surface area contributed by atoms with Crippen LogP contribution in [0.1, 0.15) is 25.0 Å². The highest BCUT2D eigenvalue weighted by atomic mass is 32.2. The molecule has 0 spiro atoms. The van der Waals surface area contributed by atoms with E-state index < -0.39 is 10.0 Å². The largest absolute Gasteiger partial charge is 0.255 e. The second-order valence-electron chi connectivity index (χ2n) is 5.59. The number of aryl methyl sites for hydroxylation is 1. The van der Waals surface area contributed by atoms with Crippen molar-refractivity contribution in [3.05, 3.63) is 53.6 Å². The number of benzene rings is 2. The minimum atomic E-state index is -3.55. The molecule has 0 N–H and O–H groups in total. The van der Waals surface area contributed by atoms with E-state index in [1.54, 1.807) is 30.1 Å². The molecule has 2 rings (SSSR count). The van der Waals surface area contributed by atoms with Crippen molar-refractivity contribution < 1.29 is 8.42 Å². The summed E-state index contributed by atoms with van der Waals surface area (Å²) < 4.78 is 27.3. The maximum absolute atomic E-state index is 12.9. The van der Waals surface area contributed by atoms with Crippen LogP contribution in [-0.4, -0.2) is 38.3 Å². The van der Waals surface area contributed by atoms with E-state index in [2.05, 4.69) is 4.99 Å². The number of nitrogens with zero attached hydrogens (tertiary/aromatic N) is 2. The molecule has 2 aromatic carbocycles. The molecule has 0 heterocycles. The van der Waals surface area contributed by atoms with Gasteiger partial charge in [-0.05, 0) is 48.6 Å². The van der Waals surface area contributed by atoms with Crippen molar-refractivity contribution >= 4 is 33.7 Å². The predicted molar refractivity (Wildman–Crippen MR) is 107 cm³/mol. The van der Waals surface area contributed by atoms with Gasteiger partial charge in [-0.2, -0.15) is 4.31 Å². The zero-order valence-corrected chi connectivity index (χ0v) is 16.7. The van der Waals surface area contributed by atoms with Gasteiger partial charge in [-0.3, -0.25) is 4.99 Å². The van der Waals surface area contributed by atoms with Gasteiger partial charge in [0.25, 0.3) is 0 Å². The average molecular weight is 377 g/mol. The standard InChI is InChI=1S/C19H24N2O2S2/c1-5-21(6-2)25(22,23)19-13-15(3)7-12-18(19)20-14-16-8-10-17(24-4)11-9-16/h7-14H,5-6H2,1-4H3. The van der Waals surface area contributed by atoms with Crippen molar-refractivity contribution in [1.82, 2.24) is 4.31 Å². The number of sulfonamides is 1. The third-order valence-electron chi connectivity index (χ3n) is 3.91. The highest BCUT2D eigenvalue weighted by Gasteiger charge is 2.24. The molecule has 134 valence electrons. The van der Waals surface area contributed by atoms with Gasteiger partial charge >= 0.3 is 0 Å². The van der Waals surface area contributed by atoms with Gasteiger partial charge in [0, 0.05) is 24.2 Å². The van der Waals surface area contributed by atoms with Crippen LogP contribution in [-0.2, 0) is 10.0 Å². The summed E-state index contributed by atoms with van der Waals surface area (Å²) in [4.78, 5) is 5.89. The molecule has 0 aromatic heterocycles. The topological polar surface area (TPSA) is 49.7 Å². The first-order chi connectivity index (χ1) is 11.9. The fraction of sp³-hybridized carbons (Fsp3) is 0.316. The van der Waals surface area contributed by atoms with Gasteiger partial charge in [-0.1, -0.05) is 32.0 Å². The van der Waals surface area contributed by atoms with Crippen LogP contribution in [0.4, 0.5) is 5.69 Å². The van der Waals surface area contributed by atoms with Crippen molar-refractivity contribution in [2.75, 3.05) is 19.3 Å². The van der Waals surface area contributed by atoms with Crippen molar-refractivity contribution in [3.63, 3.8) is 0 Å². The predicted octanol–water partition coefficient (Wildman–Crippen LogP) is 4.50.